The van der Waals surface area contributed by atoms with Gasteiger partial charge in [-0.05, 0) is 41.7 Å². The SMILES string of the molecule is CC(C(=O)NOCC(c1ccccc1)C(CCc1ccccc1)c1nnn(C)n1)c1ccccc1. The van der Waals surface area contributed by atoms with Crippen LogP contribution in [0.1, 0.15) is 53.6 Å². The van der Waals surface area contributed by atoms with Crippen LogP contribution in [0.2, 0.25) is 0 Å². The van der Waals surface area contributed by atoms with E-state index in [-0.39, 0.29) is 30.3 Å². The summed E-state index contributed by atoms with van der Waals surface area (Å²) >= 11 is 0. The second-order valence-electron chi connectivity index (χ2n) is 8.69. The highest BCUT2D eigenvalue weighted by atomic mass is 16.7. The van der Waals surface area contributed by atoms with Crippen molar-refractivity contribution in [2.24, 2.45) is 7.05 Å². The maximum absolute atomic E-state index is 12.7. The summed E-state index contributed by atoms with van der Waals surface area (Å²) in [7, 11) is 1.77. The lowest BCUT2D eigenvalue weighted by atomic mass is 9.82. The number of nitrogens with zero attached hydrogens (tertiary/aromatic N) is 4. The van der Waals surface area contributed by atoms with Crippen LogP contribution in [0.5, 0.6) is 0 Å². The highest BCUT2D eigenvalue weighted by Crippen LogP contribution is 2.35. The third-order valence-corrected chi connectivity index (χ3v) is 6.28. The molecule has 7 heteroatoms. The molecule has 4 rings (SSSR count). The molecule has 180 valence electrons. The number of hydroxylamine groups is 1. The summed E-state index contributed by atoms with van der Waals surface area (Å²) in [5, 5.41) is 13.0. The molecule has 0 fully saturated rings. The Hall–Kier alpha value is -3.84. The van der Waals surface area contributed by atoms with Crippen molar-refractivity contribution < 1.29 is 9.63 Å². The molecule has 1 aromatic heterocycles. The van der Waals surface area contributed by atoms with Crippen LogP contribution in [0.15, 0.2) is 91.0 Å². The van der Waals surface area contributed by atoms with Crippen molar-refractivity contribution in [1.29, 1.82) is 0 Å². The predicted octanol–water partition coefficient (Wildman–Crippen LogP) is 4.56. The summed E-state index contributed by atoms with van der Waals surface area (Å²) < 4.78 is 0. The number of aryl methyl sites for hydroxylation is 2. The summed E-state index contributed by atoms with van der Waals surface area (Å²) in [6.07, 6.45) is 1.68. The van der Waals surface area contributed by atoms with E-state index in [4.69, 9.17) is 4.84 Å². The first kappa shape index (κ1) is 24.3. The topological polar surface area (TPSA) is 81.9 Å². The first-order valence-corrected chi connectivity index (χ1v) is 11.9. The van der Waals surface area contributed by atoms with Gasteiger partial charge in [-0.1, -0.05) is 91.0 Å². The average molecular weight is 470 g/mol. The summed E-state index contributed by atoms with van der Waals surface area (Å²) in [5.41, 5.74) is 5.96. The first-order valence-electron chi connectivity index (χ1n) is 11.9. The van der Waals surface area contributed by atoms with E-state index in [9.17, 15) is 4.79 Å². The molecule has 0 saturated carbocycles. The number of hydrogen-bond acceptors (Lipinski definition) is 5. The van der Waals surface area contributed by atoms with Crippen molar-refractivity contribution in [2.45, 2.75) is 37.5 Å². The van der Waals surface area contributed by atoms with E-state index in [2.05, 4.69) is 45.2 Å². The van der Waals surface area contributed by atoms with Crippen LogP contribution in [0.25, 0.3) is 0 Å². The second-order valence-corrected chi connectivity index (χ2v) is 8.69. The van der Waals surface area contributed by atoms with E-state index < -0.39 is 0 Å². The molecule has 0 spiro atoms. The molecular formula is C28H31N5O2. The number of benzene rings is 3. The van der Waals surface area contributed by atoms with Crippen molar-refractivity contribution in [3.05, 3.63) is 114 Å². The normalized spacial score (nSPS) is 13.7. The minimum atomic E-state index is -0.318. The molecule has 1 N–H and O–H groups in total. The van der Waals surface area contributed by atoms with Crippen LogP contribution in [-0.4, -0.2) is 32.7 Å². The standard InChI is InChI=1S/C28H31N5O2/c1-21(23-14-8-4-9-15-23)28(34)31-35-20-26(24-16-10-5-11-17-24)25(27-29-32-33(2)30-27)19-18-22-12-6-3-7-13-22/h3-17,21,25-26H,18-20H2,1-2H3,(H,31,34). The first-order chi connectivity index (χ1) is 17.1. The van der Waals surface area contributed by atoms with Crippen molar-refractivity contribution in [3.63, 3.8) is 0 Å². The number of amides is 1. The monoisotopic (exact) mass is 469 g/mol. The van der Waals surface area contributed by atoms with Gasteiger partial charge < -0.3 is 0 Å². The Bertz CT molecular complexity index is 1180. The molecule has 3 atom stereocenters. The Morgan fingerprint density at radius 3 is 2.09 bits per heavy atom. The molecule has 1 heterocycles. The molecule has 3 unspecified atom stereocenters. The highest BCUT2D eigenvalue weighted by molar-refractivity contribution is 5.82. The lowest BCUT2D eigenvalue weighted by molar-refractivity contribution is -0.135. The van der Waals surface area contributed by atoms with Crippen molar-refractivity contribution in [2.75, 3.05) is 6.61 Å². The van der Waals surface area contributed by atoms with Gasteiger partial charge in [0.05, 0.1) is 19.6 Å². The molecule has 4 aromatic rings. The lowest BCUT2D eigenvalue weighted by Gasteiger charge is -2.25. The number of carbonyl (C=O) groups excluding carboxylic acids is 1. The Kier molecular flexibility index (Phi) is 8.35. The van der Waals surface area contributed by atoms with Gasteiger partial charge in [0.15, 0.2) is 5.82 Å². The minimum absolute atomic E-state index is 0.0465. The third-order valence-electron chi connectivity index (χ3n) is 6.28. The molecular weight excluding hydrogens is 438 g/mol. The van der Waals surface area contributed by atoms with Gasteiger partial charge in [0.1, 0.15) is 0 Å². The molecule has 0 saturated heterocycles. The van der Waals surface area contributed by atoms with Crippen molar-refractivity contribution >= 4 is 5.91 Å². The largest absolute Gasteiger partial charge is 0.273 e. The van der Waals surface area contributed by atoms with E-state index >= 15 is 0 Å². The van der Waals surface area contributed by atoms with E-state index in [0.717, 1.165) is 24.0 Å². The molecule has 35 heavy (non-hydrogen) atoms. The van der Waals surface area contributed by atoms with Crippen LogP contribution in [-0.2, 0) is 23.1 Å². The molecule has 1 amide bonds. The molecule has 3 aromatic carbocycles. The molecule has 0 aliphatic carbocycles. The molecule has 7 nitrogen and oxygen atoms in total. The maximum Gasteiger partial charge on any atom is 0.250 e. The Labute approximate surface area is 206 Å². The zero-order chi connectivity index (χ0) is 24.5. The summed E-state index contributed by atoms with van der Waals surface area (Å²) in [6.45, 7) is 2.16. The Morgan fingerprint density at radius 1 is 0.886 bits per heavy atom. The molecule has 0 bridgehead atoms. The summed E-state index contributed by atoms with van der Waals surface area (Å²) in [5.74, 6) is 0.0550. The van der Waals surface area contributed by atoms with Gasteiger partial charge in [-0.3, -0.25) is 9.63 Å². The van der Waals surface area contributed by atoms with Gasteiger partial charge in [-0.25, -0.2) is 5.48 Å². The maximum atomic E-state index is 12.7. The van der Waals surface area contributed by atoms with Crippen LogP contribution in [0, 0.1) is 0 Å². The van der Waals surface area contributed by atoms with E-state index in [0.29, 0.717) is 5.82 Å². The minimum Gasteiger partial charge on any atom is -0.273 e. The summed E-state index contributed by atoms with van der Waals surface area (Å²) in [6, 6.07) is 30.2. The van der Waals surface area contributed by atoms with E-state index in [1.165, 1.54) is 10.4 Å². The fourth-order valence-electron chi connectivity index (χ4n) is 4.25. The summed E-state index contributed by atoms with van der Waals surface area (Å²) in [4.78, 5) is 20.1. The quantitative estimate of drug-likeness (QED) is 0.326. The van der Waals surface area contributed by atoms with Gasteiger partial charge in [0.25, 0.3) is 5.91 Å². The van der Waals surface area contributed by atoms with E-state index in [1.54, 1.807) is 7.05 Å². The van der Waals surface area contributed by atoms with Crippen LogP contribution in [0.4, 0.5) is 0 Å². The van der Waals surface area contributed by atoms with Gasteiger partial charge in [0, 0.05) is 11.8 Å². The number of hydrogen-bond donors (Lipinski definition) is 1. The van der Waals surface area contributed by atoms with E-state index in [1.807, 2.05) is 73.7 Å². The molecule has 0 radical (unpaired) electrons. The zero-order valence-corrected chi connectivity index (χ0v) is 20.1. The van der Waals surface area contributed by atoms with Crippen molar-refractivity contribution in [1.82, 2.24) is 25.7 Å². The van der Waals surface area contributed by atoms with Crippen LogP contribution in [0.3, 0.4) is 0 Å². The number of carbonyl (C=O) groups is 1. The van der Waals surface area contributed by atoms with Gasteiger partial charge in [0.2, 0.25) is 0 Å². The Morgan fingerprint density at radius 2 is 1.49 bits per heavy atom. The van der Waals surface area contributed by atoms with Crippen LogP contribution < -0.4 is 5.48 Å². The fraction of sp³-hybridized carbons (Fsp3) is 0.286. The number of aromatic nitrogens is 4. The highest BCUT2D eigenvalue weighted by Gasteiger charge is 2.29. The average Bonchev–Trinajstić information content (AvgIpc) is 3.34. The van der Waals surface area contributed by atoms with Gasteiger partial charge >= 0.3 is 0 Å². The van der Waals surface area contributed by atoms with Gasteiger partial charge in [-0.15, -0.1) is 10.2 Å². The zero-order valence-electron chi connectivity index (χ0n) is 20.1. The second kappa shape index (κ2) is 12.0. The predicted molar refractivity (Wildman–Crippen MR) is 134 cm³/mol. The third kappa shape index (κ3) is 6.61. The Balaban J connectivity index is 1.51. The fourth-order valence-corrected chi connectivity index (χ4v) is 4.25. The number of nitrogens with one attached hydrogen (secondary N) is 1. The molecule has 0 aliphatic rings. The number of tetrazole rings is 1. The van der Waals surface area contributed by atoms with Crippen molar-refractivity contribution in [3.8, 4) is 0 Å². The lowest BCUT2D eigenvalue weighted by Crippen LogP contribution is -2.31. The molecule has 0 aliphatic heterocycles. The van der Waals surface area contributed by atoms with Crippen LogP contribution >= 0.6 is 0 Å². The smallest absolute Gasteiger partial charge is 0.250 e. The van der Waals surface area contributed by atoms with Gasteiger partial charge in [-0.2, -0.15) is 4.80 Å². The number of rotatable bonds is 11.